The summed E-state index contributed by atoms with van der Waals surface area (Å²) in [5, 5.41) is 9.21. The second-order valence-corrected chi connectivity index (χ2v) is 10.7. The Morgan fingerprint density at radius 1 is 1.15 bits per heavy atom. The van der Waals surface area contributed by atoms with Gasteiger partial charge in [0.05, 0.1) is 18.5 Å². The second kappa shape index (κ2) is 12.8. The zero-order chi connectivity index (χ0) is 28.9. The summed E-state index contributed by atoms with van der Waals surface area (Å²) in [7, 11) is 2.87. The normalized spacial score (nSPS) is 14.7. The summed E-state index contributed by atoms with van der Waals surface area (Å²) in [4.78, 5) is 7.99. The van der Waals surface area contributed by atoms with E-state index in [1.807, 2.05) is 12.1 Å². The first kappa shape index (κ1) is 29.6. The number of ether oxygens (including phenoxy) is 1. The molecule has 1 heterocycles. The molecule has 3 aromatic rings. The lowest BCUT2D eigenvalue weighted by Crippen LogP contribution is -2.25. The van der Waals surface area contributed by atoms with Crippen molar-refractivity contribution in [3.8, 4) is 5.75 Å². The number of halogens is 3. The zero-order valence-corrected chi connectivity index (χ0v) is 23.3. The number of rotatable bonds is 11. The Morgan fingerprint density at radius 3 is 2.58 bits per heavy atom. The molecule has 1 unspecified atom stereocenters. The van der Waals surface area contributed by atoms with Crippen LogP contribution in [0.5, 0.6) is 5.75 Å². The molecule has 3 N–H and O–H groups in total. The van der Waals surface area contributed by atoms with Gasteiger partial charge in [-0.05, 0) is 54.7 Å². The maximum atomic E-state index is 13.8. The predicted octanol–water partition coefficient (Wildman–Crippen LogP) is 5.43. The Bertz CT molecular complexity index is 1350. The van der Waals surface area contributed by atoms with Gasteiger partial charge in [-0.3, -0.25) is 4.21 Å². The van der Waals surface area contributed by atoms with Crippen LogP contribution in [0.15, 0.2) is 42.6 Å². The standard InChI is InChI=1S/C27H33F3N6O3S/c1-17-8-10-19(23(12-17)36(2)40(37)38)15-32-25-21(27(28,29)30)16-33-26(35-25)34-22-11-9-18(13-24(22)39-3)14-31-20-6-4-5-7-20/h8-13,16,20,31H,4-7,14-15H2,1-3H3,(H,37,38)(H2,32,33,34,35)/p-1. The lowest BCUT2D eigenvalue weighted by molar-refractivity contribution is -0.137. The average molecular weight is 578 g/mol. The summed E-state index contributed by atoms with van der Waals surface area (Å²) in [6.45, 7) is 2.37. The van der Waals surface area contributed by atoms with Crippen LogP contribution in [0.3, 0.4) is 0 Å². The number of hydrogen-bond donors (Lipinski definition) is 3. The molecule has 0 radical (unpaired) electrons. The van der Waals surface area contributed by atoms with Crippen LogP contribution in [0, 0.1) is 6.92 Å². The van der Waals surface area contributed by atoms with E-state index in [-0.39, 0.29) is 12.5 Å². The first-order valence-corrected chi connectivity index (χ1v) is 13.9. The molecule has 9 nitrogen and oxygen atoms in total. The number of nitrogens with zero attached hydrogens (tertiary/aromatic N) is 3. The molecule has 216 valence electrons. The molecule has 1 aliphatic carbocycles. The Hall–Kier alpha value is -3.42. The molecular formula is C27H32F3N6O3S-. The highest BCUT2D eigenvalue weighted by molar-refractivity contribution is 7.80. The molecular weight excluding hydrogens is 545 g/mol. The van der Waals surface area contributed by atoms with Gasteiger partial charge in [0.25, 0.3) is 0 Å². The monoisotopic (exact) mass is 577 g/mol. The largest absolute Gasteiger partial charge is 0.755 e. The minimum Gasteiger partial charge on any atom is -0.755 e. The lowest BCUT2D eigenvalue weighted by atomic mass is 10.1. The molecule has 2 aromatic carbocycles. The molecule has 1 fully saturated rings. The number of anilines is 4. The number of nitrogens with one attached hydrogen (secondary N) is 3. The molecule has 0 aliphatic heterocycles. The number of aryl methyl sites for hydroxylation is 1. The van der Waals surface area contributed by atoms with Gasteiger partial charge < -0.3 is 29.5 Å². The van der Waals surface area contributed by atoms with Gasteiger partial charge in [-0.1, -0.05) is 31.0 Å². The fraction of sp³-hybridized carbons (Fsp3) is 0.407. The van der Waals surface area contributed by atoms with Gasteiger partial charge in [0.15, 0.2) is 0 Å². The summed E-state index contributed by atoms with van der Waals surface area (Å²) in [5.41, 5.74) is 2.08. The SMILES string of the molecule is COc1cc(CNC2CCCC2)ccc1Nc1ncc(C(F)(F)F)c(NCc2ccc(C)cc2N(C)S(=O)[O-])n1. The van der Waals surface area contributed by atoms with Gasteiger partial charge >= 0.3 is 6.18 Å². The molecule has 13 heteroatoms. The molecule has 1 atom stereocenters. The van der Waals surface area contributed by atoms with Crippen molar-refractivity contribution < 1.29 is 26.7 Å². The van der Waals surface area contributed by atoms with Crippen LogP contribution in [-0.2, 0) is 30.5 Å². The number of aromatic nitrogens is 2. The summed E-state index contributed by atoms with van der Waals surface area (Å²) < 4.78 is 70.9. The highest BCUT2D eigenvalue weighted by Crippen LogP contribution is 2.35. The van der Waals surface area contributed by atoms with Crippen LogP contribution in [-0.4, -0.2) is 38.9 Å². The van der Waals surface area contributed by atoms with Crippen molar-refractivity contribution in [2.24, 2.45) is 0 Å². The highest BCUT2D eigenvalue weighted by atomic mass is 32.2. The third kappa shape index (κ3) is 7.40. The van der Waals surface area contributed by atoms with Crippen LogP contribution >= 0.6 is 0 Å². The quantitative estimate of drug-likeness (QED) is 0.259. The molecule has 0 bridgehead atoms. The third-order valence-electron chi connectivity index (χ3n) is 6.81. The van der Waals surface area contributed by atoms with Gasteiger partial charge in [0, 0.05) is 43.6 Å². The van der Waals surface area contributed by atoms with Crippen LogP contribution in [0.2, 0.25) is 0 Å². The maximum Gasteiger partial charge on any atom is 0.421 e. The van der Waals surface area contributed by atoms with Crippen molar-refractivity contribution in [3.05, 3.63) is 64.8 Å². The average Bonchev–Trinajstić information content (AvgIpc) is 3.44. The van der Waals surface area contributed by atoms with Gasteiger partial charge in [0.2, 0.25) is 5.95 Å². The van der Waals surface area contributed by atoms with E-state index in [1.165, 1.54) is 39.8 Å². The Kier molecular flexibility index (Phi) is 9.48. The van der Waals surface area contributed by atoms with Crippen molar-refractivity contribution in [2.45, 2.75) is 57.9 Å². The van der Waals surface area contributed by atoms with Crippen molar-refractivity contribution in [1.82, 2.24) is 15.3 Å². The van der Waals surface area contributed by atoms with Crippen molar-refractivity contribution >= 4 is 34.4 Å². The second-order valence-electron chi connectivity index (χ2n) is 9.68. The first-order valence-electron chi connectivity index (χ1n) is 12.8. The van der Waals surface area contributed by atoms with Crippen molar-refractivity contribution in [2.75, 3.05) is 29.1 Å². The first-order chi connectivity index (χ1) is 19.0. The van der Waals surface area contributed by atoms with Crippen LogP contribution in [0.25, 0.3) is 0 Å². The number of benzene rings is 2. The van der Waals surface area contributed by atoms with E-state index in [1.54, 1.807) is 31.2 Å². The smallest absolute Gasteiger partial charge is 0.421 e. The van der Waals surface area contributed by atoms with E-state index in [0.29, 0.717) is 41.5 Å². The Morgan fingerprint density at radius 2 is 1.90 bits per heavy atom. The van der Waals surface area contributed by atoms with E-state index >= 15 is 0 Å². The highest BCUT2D eigenvalue weighted by Gasteiger charge is 2.35. The van der Waals surface area contributed by atoms with Gasteiger partial charge in [0.1, 0.15) is 17.1 Å². The summed E-state index contributed by atoms with van der Waals surface area (Å²) in [5.74, 6) is -0.00649. The maximum absolute atomic E-state index is 13.8. The van der Waals surface area contributed by atoms with Gasteiger partial charge in [-0.15, -0.1) is 0 Å². The summed E-state index contributed by atoms with van der Waals surface area (Å²) in [6, 6.07) is 11.1. The lowest BCUT2D eigenvalue weighted by Gasteiger charge is -2.25. The molecule has 1 aliphatic rings. The van der Waals surface area contributed by atoms with E-state index in [9.17, 15) is 21.9 Å². The van der Waals surface area contributed by atoms with Crippen LogP contribution in [0.1, 0.15) is 47.9 Å². The molecule has 0 spiro atoms. The summed E-state index contributed by atoms with van der Waals surface area (Å²) >= 11 is -2.56. The van der Waals surface area contributed by atoms with E-state index in [2.05, 4.69) is 25.9 Å². The molecule has 40 heavy (non-hydrogen) atoms. The number of methoxy groups -OCH3 is 1. The Balaban J connectivity index is 1.55. The molecule has 0 saturated heterocycles. The van der Waals surface area contributed by atoms with Crippen molar-refractivity contribution in [1.29, 1.82) is 0 Å². The fourth-order valence-electron chi connectivity index (χ4n) is 4.62. The minimum absolute atomic E-state index is 0.0625. The molecule has 1 aromatic heterocycles. The minimum atomic E-state index is -4.71. The summed E-state index contributed by atoms with van der Waals surface area (Å²) in [6.07, 6.45) is 0.794. The topological polar surface area (TPSA) is 114 Å². The predicted molar refractivity (Wildman–Crippen MR) is 148 cm³/mol. The van der Waals surface area contributed by atoms with E-state index < -0.39 is 28.8 Å². The van der Waals surface area contributed by atoms with E-state index in [4.69, 9.17) is 4.74 Å². The Labute approximate surface area is 234 Å². The van der Waals surface area contributed by atoms with E-state index in [0.717, 1.165) is 15.4 Å². The number of alkyl halides is 3. The molecule has 4 rings (SSSR count). The number of hydrogen-bond acceptors (Lipinski definition) is 8. The zero-order valence-electron chi connectivity index (χ0n) is 22.5. The van der Waals surface area contributed by atoms with Gasteiger partial charge in [-0.2, -0.15) is 18.2 Å². The van der Waals surface area contributed by atoms with Crippen LogP contribution < -0.4 is 25.0 Å². The third-order valence-corrected chi connectivity index (χ3v) is 7.45. The molecule has 1 saturated carbocycles. The fourth-order valence-corrected chi connectivity index (χ4v) is 4.95. The van der Waals surface area contributed by atoms with Crippen LogP contribution in [0.4, 0.5) is 36.3 Å². The van der Waals surface area contributed by atoms with Crippen molar-refractivity contribution in [3.63, 3.8) is 0 Å². The van der Waals surface area contributed by atoms with Gasteiger partial charge in [-0.25, -0.2) is 4.98 Å². The molecule has 0 amide bonds.